The first kappa shape index (κ1) is 18.7. The maximum Gasteiger partial charge on any atom is 0.200 e. The average Bonchev–Trinajstić information content (AvgIpc) is 3.42. The van der Waals surface area contributed by atoms with E-state index >= 15 is 4.39 Å². The van der Waals surface area contributed by atoms with Crippen molar-refractivity contribution in [2.45, 2.75) is 58.1 Å². The molecule has 1 atom stereocenters. The number of aryl methyl sites for hydroxylation is 2. The van der Waals surface area contributed by atoms with Crippen LogP contribution in [0.5, 0.6) is 0 Å². The average molecular weight is 411 g/mol. The third kappa shape index (κ3) is 2.89. The molecule has 3 aromatic rings. The number of fused-ring (bicyclic) bond motifs is 2. The van der Waals surface area contributed by atoms with E-state index in [4.69, 9.17) is 0 Å². The fourth-order valence-electron chi connectivity index (χ4n) is 4.53. The lowest BCUT2D eigenvalue weighted by Crippen LogP contribution is -2.18. The number of Topliss-reactive ketones (excluding diaryl/α,β-unsaturated/α-hetero) is 1. The highest BCUT2D eigenvalue weighted by molar-refractivity contribution is 7.15. The van der Waals surface area contributed by atoms with Crippen LogP contribution in [-0.4, -0.2) is 15.5 Å². The van der Waals surface area contributed by atoms with Gasteiger partial charge in [-0.3, -0.25) is 9.59 Å². The van der Waals surface area contributed by atoms with Crippen molar-refractivity contribution in [1.82, 2.24) is 4.57 Å². The topological polar surface area (TPSA) is 59.3 Å². The molecule has 0 amide bonds. The number of rotatable bonds is 3. The first-order valence-corrected chi connectivity index (χ1v) is 10.9. The van der Waals surface area contributed by atoms with Crippen molar-refractivity contribution in [3.05, 3.63) is 55.9 Å². The summed E-state index contributed by atoms with van der Waals surface area (Å²) in [5, 5.41) is 10.6. The summed E-state index contributed by atoms with van der Waals surface area (Å²) in [5.41, 5.74) is 2.73. The molecular weight excluding hydrogens is 389 g/mol. The van der Waals surface area contributed by atoms with Crippen LogP contribution in [0.15, 0.2) is 23.1 Å². The number of halogens is 1. The predicted octanol–water partition coefficient (Wildman–Crippen LogP) is 5.08. The van der Waals surface area contributed by atoms with E-state index in [1.165, 1.54) is 24.3 Å². The van der Waals surface area contributed by atoms with Gasteiger partial charge in [0.05, 0.1) is 17.2 Å². The molecule has 1 aromatic carbocycles. The van der Waals surface area contributed by atoms with Crippen LogP contribution in [0.1, 0.15) is 71.1 Å². The molecule has 2 aromatic heterocycles. The predicted molar refractivity (Wildman–Crippen MR) is 112 cm³/mol. The summed E-state index contributed by atoms with van der Waals surface area (Å²) < 4.78 is 17.3. The Balaban J connectivity index is 1.81. The van der Waals surface area contributed by atoms with Crippen LogP contribution in [0, 0.1) is 12.7 Å². The Kier molecular flexibility index (Phi) is 4.26. The van der Waals surface area contributed by atoms with Gasteiger partial charge in [0, 0.05) is 32.9 Å². The van der Waals surface area contributed by atoms with Gasteiger partial charge in [0.2, 0.25) is 0 Å². The standard InChI is InChI=1S/C23H22FNO3S/c1-11-20(19-8-13-4-3-5-18(27)23(13)29-19)17(24)9-15-21(11)25(14-6-7-14)10-16(12(2)26)22(15)28/h8-10,14,18,27H,3-7H2,1-2H3. The summed E-state index contributed by atoms with van der Waals surface area (Å²) in [6, 6.07) is 3.52. The molecular formula is C23H22FNO3S. The number of hydrogen-bond acceptors (Lipinski definition) is 4. The van der Waals surface area contributed by atoms with Gasteiger partial charge in [-0.05, 0) is 69.2 Å². The second kappa shape index (κ2) is 6.61. The monoisotopic (exact) mass is 411 g/mol. The van der Waals surface area contributed by atoms with E-state index in [1.807, 2.05) is 17.6 Å². The number of nitrogens with zero attached hydrogens (tertiary/aromatic N) is 1. The molecule has 5 rings (SSSR count). The van der Waals surface area contributed by atoms with Crippen molar-refractivity contribution in [2.24, 2.45) is 0 Å². The SMILES string of the molecule is CC(=O)c1cn(C2CC2)c2c(C)c(-c3cc4c(s3)C(O)CCC4)c(F)cc2c1=O. The first-order chi connectivity index (χ1) is 13.9. The summed E-state index contributed by atoms with van der Waals surface area (Å²) >= 11 is 1.44. The largest absolute Gasteiger partial charge is 0.388 e. The number of hydrogen-bond donors (Lipinski definition) is 1. The van der Waals surface area contributed by atoms with E-state index in [1.54, 1.807) is 6.20 Å². The van der Waals surface area contributed by atoms with Crippen molar-refractivity contribution in [3.8, 4) is 10.4 Å². The maximum atomic E-state index is 15.3. The minimum atomic E-state index is -0.482. The molecule has 0 saturated heterocycles. The molecule has 1 saturated carbocycles. The lowest BCUT2D eigenvalue weighted by Gasteiger charge is -2.17. The highest BCUT2D eigenvalue weighted by Gasteiger charge is 2.29. The molecule has 4 nitrogen and oxygen atoms in total. The van der Waals surface area contributed by atoms with Gasteiger partial charge in [-0.1, -0.05) is 0 Å². The Labute approximate surface area is 171 Å². The fourth-order valence-corrected chi connectivity index (χ4v) is 5.87. The number of ketones is 1. The Hall–Kier alpha value is -2.31. The molecule has 6 heteroatoms. The molecule has 2 aliphatic rings. The Morgan fingerprint density at radius 1 is 1.28 bits per heavy atom. The summed E-state index contributed by atoms with van der Waals surface area (Å²) in [5.74, 6) is -0.753. The van der Waals surface area contributed by atoms with Crippen LogP contribution in [-0.2, 0) is 6.42 Å². The maximum absolute atomic E-state index is 15.3. The highest BCUT2D eigenvalue weighted by atomic mass is 32.1. The summed E-state index contributed by atoms with van der Waals surface area (Å²) in [7, 11) is 0. The van der Waals surface area contributed by atoms with Crippen molar-refractivity contribution in [3.63, 3.8) is 0 Å². The molecule has 29 heavy (non-hydrogen) atoms. The van der Waals surface area contributed by atoms with Crippen molar-refractivity contribution < 1.29 is 14.3 Å². The molecule has 0 bridgehead atoms. The summed E-state index contributed by atoms with van der Waals surface area (Å²) in [4.78, 5) is 26.6. The number of pyridine rings is 1. The third-order valence-corrected chi connectivity index (χ3v) is 7.44. The van der Waals surface area contributed by atoms with Gasteiger partial charge in [0.1, 0.15) is 5.82 Å². The number of aliphatic hydroxyl groups excluding tert-OH is 1. The smallest absolute Gasteiger partial charge is 0.200 e. The van der Waals surface area contributed by atoms with Crippen molar-refractivity contribution >= 4 is 28.0 Å². The number of carbonyl (C=O) groups excluding carboxylic acids is 1. The van der Waals surface area contributed by atoms with Crippen molar-refractivity contribution in [1.29, 1.82) is 0 Å². The van der Waals surface area contributed by atoms with Gasteiger partial charge >= 0.3 is 0 Å². The van der Waals surface area contributed by atoms with E-state index in [9.17, 15) is 14.7 Å². The van der Waals surface area contributed by atoms with Gasteiger partial charge < -0.3 is 9.67 Å². The molecule has 1 N–H and O–H groups in total. The zero-order valence-electron chi connectivity index (χ0n) is 16.4. The van der Waals surface area contributed by atoms with Crippen LogP contribution in [0.25, 0.3) is 21.3 Å². The molecule has 0 radical (unpaired) electrons. The summed E-state index contributed by atoms with van der Waals surface area (Å²) in [6.45, 7) is 3.22. The van der Waals surface area contributed by atoms with Crippen LogP contribution in [0.3, 0.4) is 0 Å². The third-order valence-electron chi connectivity index (χ3n) is 6.14. The minimum absolute atomic E-state index is 0.116. The second-order valence-corrected chi connectivity index (χ2v) is 9.31. The van der Waals surface area contributed by atoms with E-state index in [0.29, 0.717) is 16.6 Å². The van der Waals surface area contributed by atoms with E-state index in [2.05, 4.69) is 0 Å². The zero-order chi connectivity index (χ0) is 20.4. The molecule has 1 fully saturated rings. The van der Waals surface area contributed by atoms with Gasteiger partial charge in [-0.2, -0.15) is 0 Å². The zero-order valence-corrected chi connectivity index (χ0v) is 17.2. The first-order valence-electron chi connectivity index (χ1n) is 10.1. The van der Waals surface area contributed by atoms with E-state index in [-0.39, 0.29) is 22.8 Å². The quantitative estimate of drug-likeness (QED) is 0.611. The Bertz CT molecular complexity index is 1240. The lowest BCUT2D eigenvalue weighted by atomic mass is 9.95. The number of carbonyl (C=O) groups is 1. The van der Waals surface area contributed by atoms with E-state index < -0.39 is 17.3 Å². The van der Waals surface area contributed by atoms with Crippen molar-refractivity contribution in [2.75, 3.05) is 0 Å². The molecule has 150 valence electrons. The normalized spacial score (nSPS) is 18.8. The molecule has 0 spiro atoms. The van der Waals surface area contributed by atoms with Crippen LogP contribution < -0.4 is 5.43 Å². The number of aliphatic hydroxyl groups is 1. The Morgan fingerprint density at radius 2 is 2.03 bits per heavy atom. The molecule has 1 unspecified atom stereocenters. The number of benzene rings is 1. The molecule has 2 heterocycles. The van der Waals surface area contributed by atoms with Gasteiger partial charge in [0.15, 0.2) is 11.2 Å². The number of thiophene rings is 1. The minimum Gasteiger partial charge on any atom is -0.388 e. The van der Waals surface area contributed by atoms with Crippen LogP contribution >= 0.6 is 11.3 Å². The number of aromatic nitrogens is 1. The van der Waals surface area contributed by atoms with Crippen LogP contribution in [0.4, 0.5) is 4.39 Å². The lowest BCUT2D eigenvalue weighted by molar-refractivity contribution is 0.101. The van der Waals surface area contributed by atoms with Gasteiger partial charge in [-0.25, -0.2) is 4.39 Å². The van der Waals surface area contributed by atoms with Gasteiger partial charge in [0.25, 0.3) is 0 Å². The fraction of sp³-hybridized carbons (Fsp3) is 0.391. The van der Waals surface area contributed by atoms with Crippen LogP contribution in [0.2, 0.25) is 0 Å². The molecule has 0 aliphatic heterocycles. The van der Waals surface area contributed by atoms with Gasteiger partial charge in [-0.15, -0.1) is 11.3 Å². The molecule has 2 aliphatic carbocycles. The Morgan fingerprint density at radius 3 is 2.69 bits per heavy atom. The second-order valence-electron chi connectivity index (χ2n) is 8.23. The highest BCUT2D eigenvalue weighted by Crippen LogP contribution is 2.44. The summed E-state index contributed by atoms with van der Waals surface area (Å²) in [6.07, 6.45) is 5.71. The van der Waals surface area contributed by atoms with E-state index in [0.717, 1.165) is 47.4 Å².